The van der Waals surface area contributed by atoms with Crippen molar-refractivity contribution < 1.29 is 5.11 Å². The molecule has 1 aliphatic rings. The molecule has 2 unspecified atom stereocenters. The van der Waals surface area contributed by atoms with E-state index in [4.69, 9.17) is 0 Å². The molecule has 0 aliphatic carbocycles. The van der Waals surface area contributed by atoms with E-state index in [-0.39, 0.29) is 0 Å². The fourth-order valence-corrected chi connectivity index (χ4v) is 2.53. The van der Waals surface area contributed by atoms with Gasteiger partial charge in [-0.15, -0.1) is 0 Å². The zero-order valence-corrected chi connectivity index (χ0v) is 10.8. The monoisotopic (exact) mass is 237 g/mol. The van der Waals surface area contributed by atoms with Gasteiger partial charge >= 0.3 is 0 Å². The predicted octanol–water partition coefficient (Wildman–Crippen LogP) is 1.50. The molecule has 2 atom stereocenters. The van der Waals surface area contributed by atoms with Gasteiger partial charge in [-0.05, 0) is 32.6 Å². The highest BCUT2D eigenvalue weighted by molar-refractivity contribution is 5.04. The van der Waals surface area contributed by atoms with Crippen LogP contribution in [-0.4, -0.2) is 39.0 Å². The number of likely N-dealkylation sites (tertiary alicyclic amines) is 1. The van der Waals surface area contributed by atoms with Gasteiger partial charge < -0.3 is 5.11 Å². The topological polar surface area (TPSA) is 41.3 Å². The largest absolute Gasteiger partial charge is 0.396 e. The van der Waals surface area contributed by atoms with Crippen LogP contribution in [0.25, 0.3) is 0 Å². The first kappa shape index (κ1) is 12.6. The van der Waals surface area contributed by atoms with Crippen molar-refractivity contribution in [3.05, 3.63) is 18.0 Å². The molecule has 0 spiro atoms. The van der Waals surface area contributed by atoms with Crippen molar-refractivity contribution in [3.8, 4) is 0 Å². The minimum absolute atomic E-state index is 0.317. The summed E-state index contributed by atoms with van der Waals surface area (Å²) in [4.78, 5) is 2.46. The summed E-state index contributed by atoms with van der Waals surface area (Å²) in [6.07, 6.45) is 6.42. The number of aliphatic hydroxyl groups excluding tert-OH is 1. The van der Waals surface area contributed by atoms with Crippen LogP contribution in [0.2, 0.25) is 0 Å². The summed E-state index contributed by atoms with van der Waals surface area (Å²) in [5.41, 5.74) is 1.28. The summed E-state index contributed by atoms with van der Waals surface area (Å²) in [5, 5.41) is 13.6. The van der Waals surface area contributed by atoms with Crippen molar-refractivity contribution in [1.29, 1.82) is 0 Å². The minimum atomic E-state index is 0.317. The van der Waals surface area contributed by atoms with E-state index >= 15 is 0 Å². The smallest absolute Gasteiger partial charge is 0.0534 e. The molecule has 4 heteroatoms. The first-order chi connectivity index (χ1) is 8.22. The van der Waals surface area contributed by atoms with Gasteiger partial charge in [0, 0.05) is 44.0 Å². The molecule has 2 heterocycles. The molecule has 1 aromatic heterocycles. The van der Waals surface area contributed by atoms with Crippen LogP contribution in [0, 0.1) is 5.92 Å². The van der Waals surface area contributed by atoms with Gasteiger partial charge in [-0.2, -0.15) is 5.10 Å². The third-order valence-corrected chi connectivity index (χ3v) is 3.76. The van der Waals surface area contributed by atoms with E-state index in [2.05, 4.69) is 30.0 Å². The fraction of sp³-hybridized carbons (Fsp3) is 0.769. The normalized spacial score (nSPS) is 26.3. The van der Waals surface area contributed by atoms with Gasteiger partial charge in [0.05, 0.1) is 6.20 Å². The van der Waals surface area contributed by atoms with Crippen LogP contribution in [-0.2, 0) is 13.1 Å². The van der Waals surface area contributed by atoms with Gasteiger partial charge in [0.15, 0.2) is 0 Å². The average Bonchev–Trinajstić information content (AvgIpc) is 2.80. The summed E-state index contributed by atoms with van der Waals surface area (Å²) in [5.74, 6) is 0.451. The van der Waals surface area contributed by atoms with E-state index in [1.54, 1.807) is 0 Å². The lowest BCUT2D eigenvalue weighted by atomic mass is 9.94. The van der Waals surface area contributed by atoms with E-state index in [1.165, 1.54) is 12.0 Å². The Bertz CT molecular complexity index is 350. The molecule has 2 rings (SSSR count). The maximum absolute atomic E-state index is 9.26. The Labute approximate surface area is 103 Å². The summed E-state index contributed by atoms with van der Waals surface area (Å²) in [6.45, 7) is 7.58. The molecule has 1 aliphatic heterocycles. The quantitative estimate of drug-likeness (QED) is 0.862. The summed E-state index contributed by atoms with van der Waals surface area (Å²) < 4.78 is 1.97. The van der Waals surface area contributed by atoms with Gasteiger partial charge in [0.2, 0.25) is 0 Å². The maximum atomic E-state index is 9.26. The third kappa shape index (κ3) is 3.07. The first-order valence-corrected chi connectivity index (χ1v) is 6.59. The number of aryl methyl sites for hydroxylation is 1. The first-order valence-electron chi connectivity index (χ1n) is 6.59. The minimum Gasteiger partial charge on any atom is -0.396 e. The highest BCUT2D eigenvalue weighted by Crippen LogP contribution is 2.23. The molecule has 17 heavy (non-hydrogen) atoms. The van der Waals surface area contributed by atoms with Crippen molar-refractivity contribution in [3.63, 3.8) is 0 Å². The molecule has 0 amide bonds. The van der Waals surface area contributed by atoms with E-state index in [9.17, 15) is 5.11 Å². The molecular formula is C13H23N3O. The summed E-state index contributed by atoms with van der Waals surface area (Å²) in [6, 6.07) is 0.614. The second-order valence-corrected chi connectivity index (χ2v) is 5.11. The summed E-state index contributed by atoms with van der Waals surface area (Å²) in [7, 11) is 0. The van der Waals surface area contributed by atoms with Crippen LogP contribution in [0.15, 0.2) is 12.4 Å². The molecule has 1 aromatic rings. The Hall–Kier alpha value is -0.870. The van der Waals surface area contributed by atoms with Crippen LogP contribution in [0.1, 0.15) is 32.3 Å². The lowest BCUT2D eigenvalue weighted by Gasteiger charge is -2.37. The van der Waals surface area contributed by atoms with Crippen LogP contribution in [0.4, 0.5) is 0 Å². The van der Waals surface area contributed by atoms with Crippen molar-refractivity contribution >= 4 is 0 Å². The molecule has 1 saturated heterocycles. The van der Waals surface area contributed by atoms with Gasteiger partial charge in [-0.25, -0.2) is 0 Å². The van der Waals surface area contributed by atoms with Crippen LogP contribution >= 0.6 is 0 Å². The Kier molecular flexibility index (Phi) is 4.18. The highest BCUT2D eigenvalue weighted by atomic mass is 16.3. The Morgan fingerprint density at radius 1 is 1.47 bits per heavy atom. The molecule has 0 aromatic carbocycles. The summed E-state index contributed by atoms with van der Waals surface area (Å²) >= 11 is 0. The van der Waals surface area contributed by atoms with Gasteiger partial charge in [-0.1, -0.05) is 0 Å². The van der Waals surface area contributed by atoms with E-state index in [0.717, 1.165) is 26.1 Å². The number of rotatable bonds is 4. The van der Waals surface area contributed by atoms with Crippen LogP contribution in [0.5, 0.6) is 0 Å². The van der Waals surface area contributed by atoms with Crippen molar-refractivity contribution in [2.24, 2.45) is 5.92 Å². The van der Waals surface area contributed by atoms with Crippen LogP contribution in [0.3, 0.4) is 0 Å². The maximum Gasteiger partial charge on any atom is 0.0534 e. The number of aliphatic hydroxyl groups is 1. The van der Waals surface area contributed by atoms with Gasteiger partial charge in [0.25, 0.3) is 0 Å². The number of nitrogens with zero attached hydrogens (tertiary/aromatic N) is 3. The average molecular weight is 237 g/mol. The molecule has 96 valence electrons. The number of hydrogen-bond acceptors (Lipinski definition) is 3. The molecule has 0 saturated carbocycles. The molecular weight excluding hydrogens is 214 g/mol. The molecule has 1 N–H and O–H groups in total. The highest BCUT2D eigenvalue weighted by Gasteiger charge is 2.25. The van der Waals surface area contributed by atoms with E-state index < -0.39 is 0 Å². The Morgan fingerprint density at radius 2 is 2.29 bits per heavy atom. The molecule has 0 radical (unpaired) electrons. The van der Waals surface area contributed by atoms with Crippen LogP contribution < -0.4 is 0 Å². The number of aromatic nitrogens is 2. The predicted molar refractivity (Wildman–Crippen MR) is 67.6 cm³/mol. The van der Waals surface area contributed by atoms with Gasteiger partial charge in [0.1, 0.15) is 0 Å². The lowest BCUT2D eigenvalue weighted by Crippen LogP contribution is -2.42. The van der Waals surface area contributed by atoms with E-state index in [0.29, 0.717) is 18.6 Å². The zero-order valence-electron chi connectivity index (χ0n) is 10.8. The second kappa shape index (κ2) is 5.65. The number of hydrogen-bond donors (Lipinski definition) is 1. The van der Waals surface area contributed by atoms with E-state index in [1.807, 2.05) is 10.9 Å². The Morgan fingerprint density at radius 3 is 2.94 bits per heavy atom. The lowest BCUT2D eigenvalue weighted by molar-refractivity contribution is 0.0771. The van der Waals surface area contributed by atoms with Gasteiger partial charge in [-0.3, -0.25) is 9.58 Å². The number of piperidine rings is 1. The van der Waals surface area contributed by atoms with Crippen molar-refractivity contribution in [1.82, 2.24) is 14.7 Å². The molecule has 0 bridgehead atoms. The molecule has 1 fully saturated rings. The SMILES string of the molecule is CCn1cc(CN2CC(CO)CCC2C)cn1. The second-order valence-electron chi connectivity index (χ2n) is 5.11. The molecule has 4 nitrogen and oxygen atoms in total. The standard InChI is InChI=1S/C13H23N3O/c1-3-16-9-13(6-14-16)8-15-7-12(10-17)5-4-11(15)2/h6,9,11-12,17H,3-5,7-8,10H2,1-2H3. The fourth-order valence-electron chi connectivity index (χ4n) is 2.53. The van der Waals surface area contributed by atoms with Crippen molar-refractivity contribution in [2.75, 3.05) is 13.2 Å². The third-order valence-electron chi connectivity index (χ3n) is 3.76. The Balaban J connectivity index is 1.96. The van der Waals surface area contributed by atoms with Crippen molar-refractivity contribution in [2.45, 2.75) is 45.8 Å². The zero-order chi connectivity index (χ0) is 12.3.